The lowest BCUT2D eigenvalue weighted by Gasteiger charge is -2.08. The SMILES string of the molecule is CCn1c(CCNC(=O)CNCC2CC2)nc2ccccc21.Cl.Cl. The molecular formula is C17H26Cl2N4O. The maximum Gasteiger partial charge on any atom is 0.233 e. The van der Waals surface area contributed by atoms with Crippen LogP contribution in [0.25, 0.3) is 11.0 Å². The summed E-state index contributed by atoms with van der Waals surface area (Å²) in [5.74, 6) is 1.91. The van der Waals surface area contributed by atoms with Gasteiger partial charge < -0.3 is 15.2 Å². The zero-order valence-corrected chi connectivity index (χ0v) is 15.6. The van der Waals surface area contributed by atoms with Gasteiger partial charge in [-0.15, -0.1) is 24.8 Å². The Morgan fingerprint density at radius 1 is 1.29 bits per heavy atom. The second-order valence-corrected chi connectivity index (χ2v) is 5.94. The highest BCUT2D eigenvalue weighted by Crippen LogP contribution is 2.27. The molecule has 0 saturated heterocycles. The van der Waals surface area contributed by atoms with Gasteiger partial charge in [-0.1, -0.05) is 12.1 Å². The first-order valence-electron chi connectivity index (χ1n) is 8.19. The third-order valence-corrected chi connectivity index (χ3v) is 4.14. The Morgan fingerprint density at radius 3 is 2.75 bits per heavy atom. The van der Waals surface area contributed by atoms with E-state index in [1.807, 2.05) is 18.2 Å². The number of hydrogen-bond donors (Lipinski definition) is 2. The molecule has 0 atom stereocenters. The minimum Gasteiger partial charge on any atom is -0.355 e. The second-order valence-electron chi connectivity index (χ2n) is 5.94. The molecular weight excluding hydrogens is 347 g/mol. The van der Waals surface area contributed by atoms with Gasteiger partial charge in [0.2, 0.25) is 5.91 Å². The number of carbonyl (C=O) groups excluding carboxylic acids is 1. The molecule has 0 unspecified atom stereocenters. The largest absolute Gasteiger partial charge is 0.355 e. The quantitative estimate of drug-likeness (QED) is 0.748. The number of para-hydroxylation sites is 2. The van der Waals surface area contributed by atoms with E-state index >= 15 is 0 Å². The maximum absolute atomic E-state index is 11.8. The van der Waals surface area contributed by atoms with Crippen LogP contribution in [-0.2, 0) is 17.8 Å². The molecule has 1 saturated carbocycles. The van der Waals surface area contributed by atoms with E-state index in [1.165, 1.54) is 12.8 Å². The molecule has 0 bridgehead atoms. The standard InChI is InChI=1S/C17H24N4O.2ClH/c1-2-21-15-6-4-3-5-14(15)20-16(21)9-10-19-17(22)12-18-11-13-7-8-13;;/h3-6,13,18H,2,7-12H2,1H3,(H,19,22);2*1H. The Balaban J connectivity index is 0.00000144. The smallest absolute Gasteiger partial charge is 0.233 e. The Labute approximate surface area is 155 Å². The molecule has 2 N–H and O–H groups in total. The Morgan fingerprint density at radius 2 is 2.04 bits per heavy atom. The van der Waals surface area contributed by atoms with Crippen molar-refractivity contribution >= 4 is 41.8 Å². The minimum absolute atomic E-state index is 0. The summed E-state index contributed by atoms with van der Waals surface area (Å²) in [7, 11) is 0. The first-order valence-corrected chi connectivity index (χ1v) is 8.19. The van der Waals surface area contributed by atoms with Crippen molar-refractivity contribution in [2.75, 3.05) is 19.6 Å². The number of rotatable bonds is 8. The molecule has 0 radical (unpaired) electrons. The van der Waals surface area contributed by atoms with Gasteiger partial charge in [0, 0.05) is 19.5 Å². The van der Waals surface area contributed by atoms with E-state index in [2.05, 4.69) is 33.2 Å². The number of benzene rings is 1. The van der Waals surface area contributed by atoms with Crippen LogP contribution in [-0.4, -0.2) is 35.1 Å². The van der Waals surface area contributed by atoms with Crippen LogP contribution < -0.4 is 10.6 Å². The Kier molecular flexibility index (Phi) is 8.53. The number of amides is 1. The Bertz CT molecular complexity index is 655. The van der Waals surface area contributed by atoms with Crippen molar-refractivity contribution in [3.8, 4) is 0 Å². The third kappa shape index (κ3) is 5.36. The first-order chi connectivity index (χ1) is 10.8. The van der Waals surface area contributed by atoms with Gasteiger partial charge in [-0.25, -0.2) is 4.98 Å². The number of hydrogen-bond acceptors (Lipinski definition) is 3. The van der Waals surface area contributed by atoms with E-state index in [-0.39, 0.29) is 30.7 Å². The fourth-order valence-corrected chi connectivity index (χ4v) is 2.76. The second kappa shape index (κ2) is 9.87. The minimum atomic E-state index is 0. The van der Waals surface area contributed by atoms with E-state index < -0.39 is 0 Å². The lowest BCUT2D eigenvalue weighted by Crippen LogP contribution is -2.35. The van der Waals surface area contributed by atoms with Crippen molar-refractivity contribution in [1.29, 1.82) is 0 Å². The summed E-state index contributed by atoms with van der Waals surface area (Å²) < 4.78 is 2.22. The highest BCUT2D eigenvalue weighted by atomic mass is 35.5. The van der Waals surface area contributed by atoms with Gasteiger partial charge in [-0.3, -0.25) is 4.79 Å². The Hall–Kier alpha value is -1.30. The lowest BCUT2D eigenvalue weighted by atomic mass is 10.3. The fraction of sp³-hybridized carbons (Fsp3) is 0.529. The predicted molar refractivity (Wildman–Crippen MR) is 102 cm³/mol. The maximum atomic E-state index is 11.8. The number of nitrogens with one attached hydrogen (secondary N) is 2. The normalized spacial score (nSPS) is 13.2. The predicted octanol–water partition coefficient (Wildman–Crippen LogP) is 2.56. The van der Waals surface area contributed by atoms with E-state index in [4.69, 9.17) is 0 Å². The van der Waals surface area contributed by atoms with Gasteiger partial charge in [-0.05, 0) is 44.4 Å². The van der Waals surface area contributed by atoms with Gasteiger partial charge in [-0.2, -0.15) is 0 Å². The van der Waals surface area contributed by atoms with E-state index in [9.17, 15) is 4.79 Å². The molecule has 1 aliphatic carbocycles. The first kappa shape index (κ1) is 20.7. The van der Waals surface area contributed by atoms with Gasteiger partial charge in [0.1, 0.15) is 5.82 Å². The van der Waals surface area contributed by atoms with Gasteiger partial charge in [0.25, 0.3) is 0 Å². The third-order valence-electron chi connectivity index (χ3n) is 4.14. The van der Waals surface area contributed by atoms with E-state index in [1.54, 1.807) is 0 Å². The number of nitrogens with zero attached hydrogens (tertiary/aromatic N) is 2. The van der Waals surface area contributed by atoms with Gasteiger partial charge in [0.15, 0.2) is 0 Å². The average Bonchev–Trinajstić information content (AvgIpc) is 3.27. The highest BCUT2D eigenvalue weighted by molar-refractivity contribution is 5.85. The molecule has 1 heterocycles. The summed E-state index contributed by atoms with van der Waals surface area (Å²) in [4.78, 5) is 16.4. The van der Waals surface area contributed by atoms with Gasteiger partial charge >= 0.3 is 0 Å². The number of imidazole rings is 1. The summed E-state index contributed by atoms with van der Waals surface area (Å²) >= 11 is 0. The molecule has 5 nitrogen and oxygen atoms in total. The molecule has 0 aliphatic heterocycles. The van der Waals surface area contributed by atoms with Crippen LogP contribution in [0.3, 0.4) is 0 Å². The molecule has 2 aromatic rings. The summed E-state index contributed by atoms with van der Waals surface area (Å²) in [6.07, 6.45) is 3.38. The highest BCUT2D eigenvalue weighted by Gasteiger charge is 2.20. The molecule has 0 spiro atoms. The van der Waals surface area contributed by atoms with Gasteiger partial charge in [0.05, 0.1) is 17.6 Å². The van der Waals surface area contributed by atoms with Crippen molar-refractivity contribution in [3.05, 3.63) is 30.1 Å². The van der Waals surface area contributed by atoms with Crippen molar-refractivity contribution in [1.82, 2.24) is 20.2 Å². The van der Waals surface area contributed by atoms with Crippen LogP contribution in [0.2, 0.25) is 0 Å². The van der Waals surface area contributed by atoms with Crippen LogP contribution in [0.1, 0.15) is 25.6 Å². The van der Waals surface area contributed by atoms with Crippen molar-refractivity contribution in [3.63, 3.8) is 0 Å². The number of halogens is 2. The molecule has 1 aromatic carbocycles. The molecule has 134 valence electrons. The number of aromatic nitrogens is 2. The van der Waals surface area contributed by atoms with E-state index in [0.717, 1.165) is 42.3 Å². The summed E-state index contributed by atoms with van der Waals surface area (Å²) in [6, 6.07) is 8.17. The van der Waals surface area contributed by atoms with E-state index in [0.29, 0.717) is 13.1 Å². The van der Waals surface area contributed by atoms with Crippen LogP contribution in [0.5, 0.6) is 0 Å². The molecule has 1 aliphatic rings. The number of aryl methyl sites for hydroxylation is 1. The molecule has 7 heteroatoms. The molecule has 1 amide bonds. The van der Waals surface area contributed by atoms with Crippen molar-refractivity contribution < 1.29 is 4.79 Å². The van der Waals surface area contributed by atoms with Crippen LogP contribution in [0.4, 0.5) is 0 Å². The molecule has 3 rings (SSSR count). The lowest BCUT2D eigenvalue weighted by molar-refractivity contribution is -0.120. The van der Waals surface area contributed by atoms with Crippen LogP contribution >= 0.6 is 24.8 Å². The summed E-state index contributed by atoms with van der Waals surface area (Å²) in [6.45, 7) is 5.04. The summed E-state index contributed by atoms with van der Waals surface area (Å²) in [5.41, 5.74) is 2.19. The fourth-order valence-electron chi connectivity index (χ4n) is 2.76. The molecule has 1 fully saturated rings. The average molecular weight is 373 g/mol. The zero-order chi connectivity index (χ0) is 15.4. The van der Waals surface area contributed by atoms with Crippen LogP contribution in [0.15, 0.2) is 24.3 Å². The molecule has 24 heavy (non-hydrogen) atoms. The number of fused-ring (bicyclic) bond motifs is 1. The number of carbonyl (C=O) groups is 1. The monoisotopic (exact) mass is 372 g/mol. The van der Waals surface area contributed by atoms with Crippen LogP contribution in [0, 0.1) is 5.92 Å². The molecule has 1 aromatic heterocycles. The van der Waals surface area contributed by atoms with Crippen molar-refractivity contribution in [2.24, 2.45) is 5.92 Å². The topological polar surface area (TPSA) is 59.0 Å². The summed E-state index contributed by atoms with van der Waals surface area (Å²) in [5, 5.41) is 6.17. The van der Waals surface area contributed by atoms with Crippen molar-refractivity contribution in [2.45, 2.75) is 32.7 Å². The zero-order valence-electron chi connectivity index (χ0n) is 14.0.